The highest BCUT2D eigenvalue weighted by Gasteiger charge is 2.22. The Balaban J connectivity index is 2.47. The summed E-state index contributed by atoms with van der Waals surface area (Å²) in [5.41, 5.74) is -1.28. The van der Waals surface area contributed by atoms with Crippen molar-refractivity contribution in [3.05, 3.63) is 52.2 Å². The topological polar surface area (TPSA) is 108 Å². The lowest BCUT2D eigenvalue weighted by molar-refractivity contribution is 0.0691. The van der Waals surface area contributed by atoms with Crippen LogP contribution in [0.1, 0.15) is 10.5 Å². The number of fused-ring (bicyclic) bond motifs is 1. The van der Waals surface area contributed by atoms with E-state index in [1.807, 2.05) is 0 Å². The standard InChI is InChI=1S/C13H8FN3O4/c14-6-3-1-2-4-7(6)17-12-10(11(16-17)13(20)21)8(18)5-9(19)15-12/h1-5H,(H,20,21)(H2,15,18,19). The third-order valence-corrected chi connectivity index (χ3v) is 2.93. The lowest BCUT2D eigenvalue weighted by Crippen LogP contribution is -2.07. The van der Waals surface area contributed by atoms with Crippen molar-refractivity contribution in [2.24, 2.45) is 0 Å². The van der Waals surface area contributed by atoms with Crippen LogP contribution in [-0.4, -0.2) is 30.9 Å². The van der Waals surface area contributed by atoms with E-state index in [9.17, 15) is 19.1 Å². The van der Waals surface area contributed by atoms with Crippen LogP contribution in [0.4, 0.5) is 4.39 Å². The molecule has 0 bridgehead atoms. The molecule has 2 heterocycles. The minimum atomic E-state index is -1.41. The number of nitrogens with zero attached hydrogens (tertiary/aromatic N) is 2. The summed E-state index contributed by atoms with van der Waals surface area (Å²) in [5.74, 6) is -2.59. The van der Waals surface area contributed by atoms with Crippen molar-refractivity contribution in [1.29, 1.82) is 0 Å². The molecule has 3 rings (SSSR count). The molecule has 0 saturated carbocycles. The third-order valence-electron chi connectivity index (χ3n) is 2.93. The number of benzene rings is 1. The lowest BCUT2D eigenvalue weighted by atomic mass is 10.2. The van der Waals surface area contributed by atoms with Crippen LogP contribution in [0.3, 0.4) is 0 Å². The fourth-order valence-electron chi connectivity index (χ4n) is 2.07. The number of nitrogens with one attached hydrogen (secondary N) is 1. The van der Waals surface area contributed by atoms with Crippen LogP contribution in [0.15, 0.2) is 35.1 Å². The summed E-state index contributed by atoms with van der Waals surface area (Å²) in [6.07, 6.45) is 0. The van der Waals surface area contributed by atoms with Gasteiger partial charge in [0.15, 0.2) is 5.69 Å². The Hall–Kier alpha value is -3.16. The molecule has 7 nitrogen and oxygen atoms in total. The van der Waals surface area contributed by atoms with E-state index in [1.165, 1.54) is 24.3 Å². The van der Waals surface area contributed by atoms with Gasteiger partial charge in [0.25, 0.3) is 5.56 Å². The smallest absolute Gasteiger partial charge is 0.357 e. The van der Waals surface area contributed by atoms with Gasteiger partial charge in [-0.2, -0.15) is 5.10 Å². The lowest BCUT2D eigenvalue weighted by Gasteiger charge is -2.04. The number of carboxylic acids is 1. The number of H-pyrrole nitrogens is 1. The van der Waals surface area contributed by atoms with Crippen molar-refractivity contribution in [2.75, 3.05) is 0 Å². The number of halogens is 1. The molecule has 106 valence electrons. The Morgan fingerprint density at radius 2 is 2.05 bits per heavy atom. The number of aromatic hydroxyl groups is 1. The first-order chi connectivity index (χ1) is 9.99. The van der Waals surface area contributed by atoms with Crippen molar-refractivity contribution in [3.8, 4) is 11.4 Å². The maximum atomic E-state index is 13.9. The van der Waals surface area contributed by atoms with Crippen LogP contribution in [-0.2, 0) is 0 Å². The summed E-state index contributed by atoms with van der Waals surface area (Å²) in [4.78, 5) is 25.0. The second-order valence-electron chi connectivity index (χ2n) is 4.26. The maximum Gasteiger partial charge on any atom is 0.357 e. The van der Waals surface area contributed by atoms with E-state index in [0.717, 1.165) is 10.7 Å². The fourth-order valence-corrected chi connectivity index (χ4v) is 2.07. The van der Waals surface area contributed by atoms with E-state index in [4.69, 9.17) is 5.11 Å². The summed E-state index contributed by atoms with van der Waals surface area (Å²) < 4.78 is 14.8. The summed E-state index contributed by atoms with van der Waals surface area (Å²) in [7, 11) is 0. The van der Waals surface area contributed by atoms with E-state index in [1.54, 1.807) is 0 Å². The van der Waals surface area contributed by atoms with Gasteiger partial charge >= 0.3 is 5.97 Å². The highest BCUT2D eigenvalue weighted by Crippen LogP contribution is 2.27. The highest BCUT2D eigenvalue weighted by molar-refractivity contribution is 6.03. The molecule has 3 N–H and O–H groups in total. The van der Waals surface area contributed by atoms with E-state index in [-0.39, 0.29) is 16.7 Å². The van der Waals surface area contributed by atoms with Crippen LogP contribution >= 0.6 is 0 Å². The Kier molecular flexibility index (Phi) is 2.72. The predicted molar refractivity (Wildman–Crippen MR) is 70.3 cm³/mol. The van der Waals surface area contributed by atoms with Gasteiger partial charge in [0, 0.05) is 6.07 Å². The SMILES string of the molecule is O=C(O)c1nn(-c2ccccc2F)c2[nH]c(=O)cc(O)c12. The van der Waals surface area contributed by atoms with Gasteiger partial charge < -0.3 is 15.2 Å². The van der Waals surface area contributed by atoms with Gasteiger partial charge in [-0.25, -0.2) is 13.9 Å². The minimum Gasteiger partial charge on any atom is -0.507 e. The zero-order valence-electron chi connectivity index (χ0n) is 10.4. The van der Waals surface area contributed by atoms with Gasteiger partial charge in [0.05, 0.1) is 5.39 Å². The number of para-hydroxylation sites is 1. The van der Waals surface area contributed by atoms with Crippen molar-refractivity contribution in [2.45, 2.75) is 0 Å². The Bertz CT molecular complexity index is 929. The zero-order chi connectivity index (χ0) is 15.1. The molecule has 0 unspecified atom stereocenters. The first-order valence-electron chi connectivity index (χ1n) is 5.82. The second kappa shape index (κ2) is 4.44. The molecular weight excluding hydrogens is 281 g/mol. The highest BCUT2D eigenvalue weighted by atomic mass is 19.1. The van der Waals surface area contributed by atoms with Crippen molar-refractivity contribution in [3.63, 3.8) is 0 Å². The largest absolute Gasteiger partial charge is 0.507 e. The number of aromatic amines is 1. The average molecular weight is 289 g/mol. The average Bonchev–Trinajstić information content (AvgIpc) is 2.79. The van der Waals surface area contributed by atoms with Crippen molar-refractivity contribution < 1.29 is 19.4 Å². The Morgan fingerprint density at radius 1 is 1.33 bits per heavy atom. The molecule has 0 saturated heterocycles. The third kappa shape index (κ3) is 1.93. The molecule has 0 radical (unpaired) electrons. The normalized spacial score (nSPS) is 10.9. The Labute approximate surface area is 115 Å². The fraction of sp³-hybridized carbons (Fsp3) is 0. The Morgan fingerprint density at radius 3 is 2.71 bits per heavy atom. The van der Waals surface area contributed by atoms with E-state index >= 15 is 0 Å². The second-order valence-corrected chi connectivity index (χ2v) is 4.26. The summed E-state index contributed by atoms with van der Waals surface area (Å²) >= 11 is 0. The number of rotatable bonds is 2. The molecule has 8 heteroatoms. The monoisotopic (exact) mass is 289 g/mol. The predicted octanol–water partition coefficient (Wildman–Crippen LogP) is 1.26. The molecule has 1 aromatic carbocycles. The van der Waals surface area contributed by atoms with Crippen LogP contribution in [0.5, 0.6) is 5.75 Å². The summed E-state index contributed by atoms with van der Waals surface area (Å²) in [6.45, 7) is 0. The first-order valence-corrected chi connectivity index (χ1v) is 5.82. The molecule has 3 aromatic rings. The molecule has 0 spiro atoms. The quantitative estimate of drug-likeness (QED) is 0.658. The van der Waals surface area contributed by atoms with Crippen LogP contribution in [0, 0.1) is 5.82 Å². The zero-order valence-corrected chi connectivity index (χ0v) is 10.4. The van der Waals surface area contributed by atoms with Gasteiger partial charge in [-0.15, -0.1) is 0 Å². The summed E-state index contributed by atoms with van der Waals surface area (Å²) in [6, 6.07) is 6.37. The molecule has 0 aliphatic carbocycles. The van der Waals surface area contributed by atoms with E-state index < -0.39 is 28.8 Å². The molecular formula is C13H8FN3O4. The molecule has 0 fully saturated rings. The van der Waals surface area contributed by atoms with E-state index in [2.05, 4.69) is 10.1 Å². The van der Waals surface area contributed by atoms with Gasteiger partial charge in [-0.3, -0.25) is 4.79 Å². The van der Waals surface area contributed by atoms with Gasteiger partial charge in [0.2, 0.25) is 0 Å². The number of carboxylic acid groups (broad SMARTS) is 1. The van der Waals surface area contributed by atoms with Crippen molar-refractivity contribution >= 4 is 17.0 Å². The number of aromatic carboxylic acids is 1. The van der Waals surface area contributed by atoms with Gasteiger partial charge in [-0.1, -0.05) is 12.1 Å². The number of pyridine rings is 1. The number of hydrogen-bond acceptors (Lipinski definition) is 4. The molecule has 0 aliphatic heterocycles. The van der Waals surface area contributed by atoms with Crippen LogP contribution in [0.2, 0.25) is 0 Å². The van der Waals surface area contributed by atoms with Gasteiger partial charge in [-0.05, 0) is 12.1 Å². The number of hydrogen-bond donors (Lipinski definition) is 3. The van der Waals surface area contributed by atoms with E-state index in [0.29, 0.717) is 0 Å². The molecule has 0 aliphatic rings. The number of aromatic nitrogens is 3. The number of carbonyl (C=O) groups is 1. The molecule has 0 atom stereocenters. The van der Waals surface area contributed by atoms with Crippen LogP contribution < -0.4 is 5.56 Å². The van der Waals surface area contributed by atoms with Crippen molar-refractivity contribution in [1.82, 2.24) is 14.8 Å². The minimum absolute atomic E-state index is 0.0451. The first kappa shape index (κ1) is 12.9. The molecule has 0 amide bonds. The van der Waals surface area contributed by atoms with Crippen LogP contribution in [0.25, 0.3) is 16.7 Å². The summed E-state index contributed by atoms with van der Waals surface area (Å²) in [5, 5.41) is 22.5. The maximum absolute atomic E-state index is 13.9. The molecule has 2 aromatic heterocycles. The molecule has 21 heavy (non-hydrogen) atoms. The van der Waals surface area contributed by atoms with Gasteiger partial charge in [0.1, 0.15) is 22.9 Å².